The Balaban J connectivity index is 4.30. The maximum Gasteiger partial charge on any atom is 0.472 e. The molecule has 1 unspecified atom stereocenters. The zero-order chi connectivity index (χ0) is 36.8. The number of rotatable bonds is 36. The zero-order valence-electron chi connectivity index (χ0n) is 31.6. The van der Waals surface area contributed by atoms with Crippen molar-refractivity contribution in [2.75, 3.05) is 26.4 Å². The van der Waals surface area contributed by atoms with Gasteiger partial charge in [-0.15, -0.1) is 0 Å². The van der Waals surface area contributed by atoms with Gasteiger partial charge in [0.25, 0.3) is 0 Å². The molecule has 0 aliphatic rings. The van der Waals surface area contributed by atoms with Crippen molar-refractivity contribution in [1.29, 1.82) is 0 Å². The van der Waals surface area contributed by atoms with E-state index in [9.17, 15) is 19.0 Å². The summed E-state index contributed by atoms with van der Waals surface area (Å²) in [5, 5.41) is 0. The molecule has 2 atom stereocenters. The highest BCUT2D eigenvalue weighted by atomic mass is 31.2. The molecule has 50 heavy (non-hydrogen) atoms. The van der Waals surface area contributed by atoms with Gasteiger partial charge in [0.05, 0.1) is 13.2 Å². The Morgan fingerprint density at radius 2 is 1.04 bits per heavy atom. The summed E-state index contributed by atoms with van der Waals surface area (Å²) in [6.45, 7) is 3.62. The molecule has 3 N–H and O–H groups in total. The molecule has 0 aromatic rings. The highest BCUT2D eigenvalue weighted by Gasteiger charge is 2.25. The SMILES string of the molecule is CCCCC/C=C\C/C=C\C/C=C\CCCCC(=O)OC[C@H](COP(=O)(O)OCCN)OC(=O)CCCCCCC/C=C\CCCCCCC. The van der Waals surface area contributed by atoms with Crippen LogP contribution in [0.3, 0.4) is 0 Å². The largest absolute Gasteiger partial charge is 0.472 e. The van der Waals surface area contributed by atoms with Crippen LogP contribution < -0.4 is 5.73 Å². The van der Waals surface area contributed by atoms with Gasteiger partial charge in [-0.3, -0.25) is 18.6 Å². The van der Waals surface area contributed by atoms with E-state index in [1.54, 1.807) is 0 Å². The van der Waals surface area contributed by atoms with Gasteiger partial charge in [0.2, 0.25) is 0 Å². The summed E-state index contributed by atoms with van der Waals surface area (Å²) in [5.74, 6) is -0.887. The van der Waals surface area contributed by atoms with Crippen molar-refractivity contribution in [3.8, 4) is 0 Å². The smallest absolute Gasteiger partial charge is 0.462 e. The van der Waals surface area contributed by atoms with E-state index in [4.69, 9.17) is 24.3 Å². The second-order valence-electron chi connectivity index (χ2n) is 12.8. The zero-order valence-corrected chi connectivity index (χ0v) is 32.5. The number of carbonyl (C=O) groups excluding carboxylic acids is 2. The molecule has 0 rings (SSSR count). The van der Waals surface area contributed by atoms with Crippen molar-refractivity contribution < 1.29 is 37.6 Å². The van der Waals surface area contributed by atoms with Crippen molar-refractivity contribution in [3.63, 3.8) is 0 Å². The minimum atomic E-state index is -4.38. The third-order valence-electron chi connectivity index (χ3n) is 7.94. The first-order valence-electron chi connectivity index (χ1n) is 19.6. The second-order valence-corrected chi connectivity index (χ2v) is 14.2. The van der Waals surface area contributed by atoms with Crippen LogP contribution in [0.15, 0.2) is 48.6 Å². The number of phosphoric ester groups is 1. The molecular weight excluding hydrogens is 653 g/mol. The minimum Gasteiger partial charge on any atom is -0.462 e. The molecule has 290 valence electrons. The number of allylic oxidation sites excluding steroid dienone is 8. The average molecular weight is 726 g/mol. The van der Waals surface area contributed by atoms with Crippen LogP contribution in [-0.4, -0.2) is 49.3 Å². The Morgan fingerprint density at radius 1 is 0.600 bits per heavy atom. The van der Waals surface area contributed by atoms with Crippen LogP contribution in [0.25, 0.3) is 0 Å². The maximum atomic E-state index is 12.5. The van der Waals surface area contributed by atoms with Crippen molar-refractivity contribution in [2.45, 2.75) is 168 Å². The van der Waals surface area contributed by atoms with Gasteiger partial charge in [0.1, 0.15) is 6.61 Å². The number of carbonyl (C=O) groups is 2. The summed E-state index contributed by atoms with van der Waals surface area (Å²) < 4.78 is 32.6. The monoisotopic (exact) mass is 725 g/mol. The molecule has 0 saturated heterocycles. The predicted octanol–water partition coefficient (Wildman–Crippen LogP) is 10.8. The van der Waals surface area contributed by atoms with Crippen LogP contribution in [-0.2, 0) is 32.7 Å². The fraction of sp³-hybridized carbons (Fsp3) is 0.750. The van der Waals surface area contributed by atoms with Crippen LogP contribution in [0.1, 0.15) is 162 Å². The molecule has 0 aromatic heterocycles. The first-order chi connectivity index (χ1) is 24.3. The van der Waals surface area contributed by atoms with E-state index in [1.807, 2.05) is 0 Å². The number of hydrogen-bond acceptors (Lipinski definition) is 8. The molecule has 9 nitrogen and oxygen atoms in total. The van der Waals surface area contributed by atoms with E-state index in [2.05, 4.69) is 62.5 Å². The van der Waals surface area contributed by atoms with Gasteiger partial charge in [-0.25, -0.2) is 4.57 Å². The minimum absolute atomic E-state index is 0.0454. The molecule has 0 aromatic carbocycles. The summed E-state index contributed by atoms with van der Waals surface area (Å²) in [6.07, 6.45) is 40.0. The lowest BCUT2D eigenvalue weighted by molar-refractivity contribution is -0.161. The molecule has 0 fully saturated rings. The highest BCUT2D eigenvalue weighted by Crippen LogP contribution is 2.43. The van der Waals surface area contributed by atoms with Gasteiger partial charge in [-0.2, -0.15) is 0 Å². The summed E-state index contributed by atoms with van der Waals surface area (Å²) in [5.41, 5.74) is 5.33. The van der Waals surface area contributed by atoms with E-state index in [0.717, 1.165) is 64.2 Å². The number of ether oxygens (including phenoxy) is 2. The van der Waals surface area contributed by atoms with Gasteiger partial charge >= 0.3 is 19.8 Å². The molecular formula is C40H72NO8P. The van der Waals surface area contributed by atoms with Gasteiger partial charge < -0.3 is 20.1 Å². The third-order valence-corrected chi connectivity index (χ3v) is 8.92. The summed E-state index contributed by atoms with van der Waals surface area (Å²) in [6, 6.07) is 0. The van der Waals surface area contributed by atoms with E-state index in [1.165, 1.54) is 57.8 Å². The van der Waals surface area contributed by atoms with Crippen LogP contribution in [0.4, 0.5) is 0 Å². The van der Waals surface area contributed by atoms with E-state index >= 15 is 0 Å². The number of phosphoric acid groups is 1. The first-order valence-corrected chi connectivity index (χ1v) is 21.1. The Bertz CT molecular complexity index is 965. The van der Waals surface area contributed by atoms with Gasteiger partial charge in [-0.1, -0.05) is 120 Å². The van der Waals surface area contributed by atoms with Crippen molar-refractivity contribution >= 4 is 19.8 Å². The molecule has 0 aliphatic heterocycles. The fourth-order valence-electron chi connectivity index (χ4n) is 4.99. The van der Waals surface area contributed by atoms with E-state index in [0.29, 0.717) is 12.8 Å². The number of esters is 2. The first kappa shape index (κ1) is 48.0. The molecule has 0 aliphatic carbocycles. The normalized spacial score (nSPS) is 13.9. The van der Waals surface area contributed by atoms with Gasteiger partial charge in [0, 0.05) is 19.4 Å². The molecule has 0 radical (unpaired) electrons. The number of unbranched alkanes of at least 4 members (excludes halogenated alkanes) is 15. The molecule has 10 heteroatoms. The van der Waals surface area contributed by atoms with Crippen molar-refractivity contribution in [3.05, 3.63) is 48.6 Å². The molecule has 0 heterocycles. The standard InChI is InChI=1S/C40H72NO8P/c1-3-5-7-9-11-13-15-17-19-21-22-24-26-28-30-32-39(42)46-36-38(37-48-50(44,45)47-35-34-41)49-40(43)33-31-29-27-25-23-20-18-16-14-12-10-8-6-4-2/h11,13,16-19,22,24,38H,3-10,12,14-15,20-21,23,25-37,41H2,1-2H3,(H,44,45)/b13-11-,18-16-,19-17-,24-22-/t38-/m1/s1. The lowest BCUT2D eigenvalue weighted by atomic mass is 10.1. The Kier molecular flexibility index (Phi) is 35.3. The van der Waals surface area contributed by atoms with Crippen molar-refractivity contribution in [1.82, 2.24) is 0 Å². The van der Waals surface area contributed by atoms with Crippen LogP contribution in [0.5, 0.6) is 0 Å². The van der Waals surface area contributed by atoms with Gasteiger partial charge in [0.15, 0.2) is 6.10 Å². The highest BCUT2D eigenvalue weighted by molar-refractivity contribution is 7.47. The molecule has 0 amide bonds. The Labute approximate surface area is 305 Å². The maximum absolute atomic E-state index is 12.5. The average Bonchev–Trinajstić information content (AvgIpc) is 3.10. The number of nitrogens with two attached hydrogens (primary N) is 1. The number of hydrogen-bond donors (Lipinski definition) is 2. The molecule has 0 saturated carbocycles. The lowest BCUT2D eigenvalue weighted by Gasteiger charge is -2.19. The summed E-state index contributed by atoms with van der Waals surface area (Å²) in [4.78, 5) is 34.7. The van der Waals surface area contributed by atoms with Crippen LogP contribution in [0, 0.1) is 0 Å². The lowest BCUT2D eigenvalue weighted by Crippen LogP contribution is -2.29. The van der Waals surface area contributed by atoms with E-state index < -0.39 is 32.5 Å². The molecule has 0 spiro atoms. The topological polar surface area (TPSA) is 134 Å². The Hall–Kier alpha value is -2.03. The second kappa shape index (κ2) is 36.8. The summed E-state index contributed by atoms with van der Waals surface area (Å²) >= 11 is 0. The van der Waals surface area contributed by atoms with Gasteiger partial charge in [-0.05, 0) is 77.0 Å². The van der Waals surface area contributed by atoms with E-state index in [-0.39, 0.29) is 32.6 Å². The quantitative estimate of drug-likeness (QED) is 0.0280. The fourth-order valence-corrected chi connectivity index (χ4v) is 5.75. The summed E-state index contributed by atoms with van der Waals surface area (Å²) in [7, 11) is -4.38. The van der Waals surface area contributed by atoms with Crippen LogP contribution >= 0.6 is 7.82 Å². The Morgan fingerprint density at radius 3 is 1.64 bits per heavy atom. The van der Waals surface area contributed by atoms with Crippen molar-refractivity contribution in [2.24, 2.45) is 5.73 Å². The van der Waals surface area contributed by atoms with Crippen LogP contribution in [0.2, 0.25) is 0 Å². The third kappa shape index (κ3) is 35.8. The molecule has 0 bridgehead atoms. The predicted molar refractivity (Wildman–Crippen MR) is 206 cm³/mol.